The third-order valence-corrected chi connectivity index (χ3v) is 2.61. The number of anilines is 1. The van der Waals surface area contributed by atoms with E-state index in [1.165, 1.54) is 11.8 Å². The third-order valence-electron chi connectivity index (χ3n) is 1.87. The largest absolute Gasteiger partial charge is 0.416 e. The highest BCUT2D eigenvalue weighted by atomic mass is 32.2. The van der Waals surface area contributed by atoms with Gasteiger partial charge in [-0.05, 0) is 18.2 Å². The van der Waals surface area contributed by atoms with Gasteiger partial charge in [0, 0.05) is 13.5 Å². The second-order valence-electron chi connectivity index (χ2n) is 3.36. The molecule has 0 unspecified atom stereocenters. The summed E-state index contributed by atoms with van der Waals surface area (Å²) in [5.41, 5.74) is 0. The number of aryl methyl sites for hydroxylation is 1. The first kappa shape index (κ1) is 11.8. The van der Waals surface area contributed by atoms with Crippen molar-refractivity contribution in [2.45, 2.75) is 30.5 Å². The number of nitrogens with zero attached hydrogens (tertiary/aromatic N) is 4. The van der Waals surface area contributed by atoms with E-state index in [2.05, 4.69) is 32.4 Å². The molecule has 0 atom stereocenters. The summed E-state index contributed by atoms with van der Waals surface area (Å²) in [5, 5.41) is 12.0. The molecule has 2 rings (SSSR count). The highest BCUT2D eigenvalue weighted by Gasteiger charge is 2.07. The lowest BCUT2D eigenvalue weighted by Crippen LogP contribution is -2.02. The van der Waals surface area contributed by atoms with Crippen molar-refractivity contribution >= 4 is 17.6 Å². The molecule has 0 radical (unpaired) electrons. The monoisotopic (exact) mass is 251 g/mol. The average molecular weight is 251 g/mol. The van der Waals surface area contributed by atoms with E-state index in [0.717, 1.165) is 23.8 Å². The topological polar surface area (TPSA) is 76.7 Å². The highest BCUT2D eigenvalue weighted by molar-refractivity contribution is 7.99. The van der Waals surface area contributed by atoms with Crippen LogP contribution >= 0.6 is 11.8 Å². The molecule has 1 N–H and O–H groups in total. The average Bonchev–Trinajstić information content (AvgIpc) is 2.73. The molecule has 2 aromatic heterocycles. The molecule has 0 aromatic carbocycles. The molecular formula is C10H13N5OS. The van der Waals surface area contributed by atoms with Gasteiger partial charge < -0.3 is 9.73 Å². The van der Waals surface area contributed by atoms with Gasteiger partial charge in [0.1, 0.15) is 10.8 Å². The number of aromatic nitrogens is 4. The Bertz CT molecular complexity index is 487. The Morgan fingerprint density at radius 2 is 2.24 bits per heavy atom. The Labute approximate surface area is 103 Å². The van der Waals surface area contributed by atoms with Gasteiger partial charge in [-0.25, -0.2) is 4.98 Å². The minimum Gasteiger partial charge on any atom is -0.416 e. The molecule has 6 nitrogen and oxygen atoms in total. The molecular weight excluding hydrogens is 238 g/mol. The van der Waals surface area contributed by atoms with E-state index < -0.39 is 0 Å². The van der Waals surface area contributed by atoms with Gasteiger partial charge in [-0.3, -0.25) is 4.98 Å². The van der Waals surface area contributed by atoms with Crippen LogP contribution in [0.2, 0.25) is 0 Å². The van der Waals surface area contributed by atoms with Crippen LogP contribution in [0, 0.1) is 6.92 Å². The molecule has 0 bridgehead atoms. The van der Waals surface area contributed by atoms with E-state index in [1.807, 2.05) is 0 Å². The molecule has 0 fully saturated rings. The second-order valence-corrected chi connectivity index (χ2v) is 4.33. The molecule has 17 heavy (non-hydrogen) atoms. The number of hydrogen-bond donors (Lipinski definition) is 1. The molecule has 0 aliphatic heterocycles. The zero-order valence-electron chi connectivity index (χ0n) is 9.67. The number of rotatable bonds is 5. The maximum absolute atomic E-state index is 5.26. The first-order chi connectivity index (χ1) is 8.28. The van der Waals surface area contributed by atoms with Crippen LogP contribution in [0.3, 0.4) is 0 Å². The van der Waals surface area contributed by atoms with Crippen molar-refractivity contribution in [3.8, 4) is 0 Å². The van der Waals surface area contributed by atoms with Gasteiger partial charge in [0.15, 0.2) is 0 Å². The standard InChI is InChI=1S/C10H13N5OS/c1-3-4-12-8-5-11-6-9(13-8)17-10-15-14-7(2)16-10/h5-6H,3-4H2,1-2H3,(H,12,13). The van der Waals surface area contributed by atoms with Crippen LogP contribution in [0.25, 0.3) is 0 Å². The van der Waals surface area contributed by atoms with Gasteiger partial charge in [0.25, 0.3) is 5.22 Å². The summed E-state index contributed by atoms with van der Waals surface area (Å²) in [7, 11) is 0. The molecule has 0 saturated heterocycles. The Hall–Kier alpha value is -1.63. The summed E-state index contributed by atoms with van der Waals surface area (Å²) in [6.07, 6.45) is 4.40. The van der Waals surface area contributed by atoms with E-state index in [-0.39, 0.29) is 0 Å². The van der Waals surface area contributed by atoms with Gasteiger partial charge in [-0.15, -0.1) is 10.2 Å². The zero-order valence-corrected chi connectivity index (χ0v) is 10.5. The van der Waals surface area contributed by atoms with Crippen LogP contribution in [-0.4, -0.2) is 26.7 Å². The lowest BCUT2D eigenvalue weighted by molar-refractivity contribution is 0.429. The van der Waals surface area contributed by atoms with Gasteiger partial charge in [-0.1, -0.05) is 6.92 Å². The minimum atomic E-state index is 0.476. The van der Waals surface area contributed by atoms with E-state index in [4.69, 9.17) is 4.42 Å². The Morgan fingerprint density at radius 3 is 2.94 bits per heavy atom. The predicted octanol–water partition coefficient (Wildman–Crippen LogP) is 2.14. The van der Waals surface area contributed by atoms with Crippen molar-refractivity contribution in [2.24, 2.45) is 0 Å². The fourth-order valence-electron chi connectivity index (χ4n) is 1.14. The molecule has 2 aromatic rings. The molecule has 0 amide bonds. The molecule has 7 heteroatoms. The van der Waals surface area contributed by atoms with E-state index in [9.17, 15) is 0 Å². The SMILES string of the molecule is CCCNc1cncc(Sc2nnc(C)o2)n1. The summed E-state index contributed by atoms with van der Waals surface area (Å²) >= 11 is 1.30. The summed E-state index contributed by atoms with van der Waals surface area (Å²) < 4.78 is 5.26. The molecule has 90 valence electrons. The smallest absolute Gasteiger partial charge is 0.282 e. The summed E-state index contributed by atoms with van der Waals surface area (Å²) in [6, 6.07) is 0. The number of hydrogen-bond acceptors (Lipinski definition) is 7. The van der Waals surface area contributed by atoms with Crippen LogP contribution < -0.4 is 5.32 Å². The molecule has 2 heterocycles. The van der Waals surface area contributed by atoms with Crippen LogP contribution in [-0.2, 0) is 0 Å². The number of nitrogens with one attached hydrogen (secondary N) is 1. The first-order valence-electron chi connectivity index (χ1n) is 5.32. The fraction of sp³-hybridized carbons (Fsp3) is 0.400. The molecule has 0 saturated carbocycles. The van der Waals surface area contributed by atoms with Gasteiger partial charge in [-0.2, -0.15) is 0 Å². The van der Waals surface area contributed by atoms with Crippen LogP contribution in [0.1, 0.15) is 19.2 Å². The maximum Gasteiger partial charge on any atom is 0.282 e. The fourth-order valence-corrected chi connectivity index (χ4v) is 1.83. The van der Waals surface area contributed by atoms with Gasteiger partial charge in [0.05, 0.1) is 12.4 Å². The third kappa shape index (κ3) is 3.42. The van der Waals surface area contributed by atoms with Crippen LogP contribution in [0.4, 0.5) is 5.82 Å². The van der Waals surface area contributed by atoms with Crippen LogP contribution in [0.15, 0.2) is 27.1 Å². The lowest BCUT2D eigenvalue weighted by Gasteiger charge is -2.03. The highest BCUT2D eigenvalue weighted by Crippen LogP contribution is 2.24. The zero-order chi connectivity index (χ0) is 12.1. The van der Waals surface area contributed by atoms with E-state index in [0.29, 0.717) is 11.1 Å². The van der Waals surface area contributed by atoms with Crippen molar-refractivity contribution in [2.75, 3.05) is 11.9 Å². The molecule has 0 aliphatic carbocycles. The minimum absolute atomic E-state index is 0.476. The quantitative estimate of drug-likeness (QED) is 0.872. The van der Waals surface area contributed by atoms with Crippen molar-refractivity contribution < 1.29 is 4.42 Å². The Kier molecular flexibility index (Phi) is 3.92. The van der Waals surface area contributed by atoms with E-state index >= 15 is 0 Å². The van der Waals surface area contributed by atoms with Crippen molar-refractivity contribution in [3.63, 3.8) is 0 Å². The van der Waals surface area contributed by atoms with Gasteiger partial charge in [0.2, 0.25) is 5.89 Å². The Balaban J connectivity index is 2.05. The van der Waals surface area contributed by atoms with Crippen LogP contribution in [0.5, 0.6) is 0 Å². The first-order valence-corrected chi connectivity index (χ1v) is 6.13. The normalized spacial score (nSPS) is 10.5. The second kappa shape index (κ2) is 5.62. The molecule has 0 spiro atoms. The maximum atomic E-state index is 5.26. The van der Waals surface area contributed by atoms with Gasteiger partial charge >= 0.3 is 0 Å². The summed E-state index contributed by atoms with van der Waals surface area (Å²) in [4.78, 5) is 8.48. The summed E-state index contributed by atoms with van der Waals surface area (Å²) in [5.74, 6) is 1.30. The summed E-state index contributed by atoms with van der Waals surface area (Å²) in [6.45, 7) is 4.73. The van der Waals surface area contributed by atoms with Crippen molar-refractivity contribution in [1.29, 1.82) is 0 Å². The lowest BCUT2D eigenvalue weighted by atomic mass is 10.5. The van der Waals surface area contributed by atoms with Crippen molar-refractivity contribution in [3.05, 3.63) is 18.3 Å². The van der Waals surface area contributed by atoms with Crippen molar-refractivity contribution in [1.82, 2.24) is 20.2 Å². The predicted molar refractivity (Wildman–Crippen MR) is 64.0 cm³/mol. The van der Waals surface area contributed by atoms with E-state index in [1.54, 1.807) is 19.3 Å². The molecule has 0 aliphatic rings. The Morgan fingerprint density at radius 1 is 1.35 bits per heavy atom.